The Morgan fingerprint density at radius 1 is 0.453 bits per heavy atom. The fraction of sp³-hybridized carbons (Fsp3) is 0.922. The summed E-state index contributed by atoms with van der Waals surface area (Å²) < 4.78 is 11.2. The smallest absolute Gasteiger partial charge is 0.249 e. The first-order valence-corrected chi connectivity index (χ1v) is 32.2. The van der Waals surface area contributed by atoms with E-state index in [0.29, 0.717) is 19.3 Å². The van der Waals surface area contributed by atoms with Crippen LogP contribution in [0.1, 0.15) is 309 Å². The summed E-state index contributed by atoms with van der Waals surface area (Å²) in [6.07, 6.45) is 53.9. The molecule has 0 aromatic carbocycles. The topological polar surface area (TPSA) is 189 Å². The third kappa shape index (κ3) is 41.3. The average molecular weight is 1070 g/mol. The van der Waals surface area contributed by atoms with Gasteiger partial charge in [-0.3, -0.25) is 4.79 Å². The molecule has 9 atom stereocenters. The summed E-state index contributed by atoms with van der Waals surface area (Å²) in [7, 11) is 0. The fourth-order valence-corrected chi connectivity index (χ4v) is 10.5. The van der Waals surface area contributed by atoms with Crippen molar-refractivity contribution >= 4 is 5.91 Å². The van der Waals surface area contributed by atoms with E-state index in [1.807, 2.05) is 0 Å². The van der Waals surface area contributed by atoms with E-state index in [1.165, 1.54) is 225 Å². The molecule has 0 aromatic heterocycles. The fourth-order valence-electron chi connectivity index (χ4n) is 10.5. The molecule has 1 rings (SSSR count). The Morgan fingerprint density at radius 2 is 0.800 bits per heavy atom. The van der Waals surface area contributed by atoms with Crippen molar-refractivity contribution < 1.29 is 50.0 Å². The lowest BCUT2D eigenvalue weighted by Gasteiger charge is -2.40. The van der Waals surface area contributed by atoms with Crippen molar-refractivity contribution in [2.24, 2.45) is 0 Å². The molecule has 1 heterocycles. The van der Waals surface area contributed by atoms with Crippen molar-refractivity contribution in [1.82, 2.24) is 5.32 Å². The minimum absolute atomic E-state index is 0.249. The van der Waals surface area contributed by atoms with Gasteiger partial charge < -0.3 is 50.5 Å². The van der Waals surface area contributed by atoms with Crippen LogP contribution in [0.2, 0.25) is 0 Å². The van der Waals surface area contributed by atoms with Gasteiger partial charge in [0, 0.05) is 0 Å². The Balaban J connectivity index is 2.26. The molecule has 0 saturated carbocycles. The van der Waals surface area contributed by atoms with Crippen LogP contribution in [0, 0.1) is 0 Å². The van der Waals surface area contributed by atoms with Crippen LogP contribution in [0.4, 0.5) is 0 Å². The summed E-state index contributed by atoms with van der Waals surface area (Å²) >= 11 is 0. The van der Waals surface area contributed by atoms with Crippen molar-refractivity contribution in [2.75, 3.05) is 13.2 Å². The molecule has 0 radical (unpaired) electrons. The Labute approximate surface area is 461 Å². The van der Waals surface area contributed by atoms with Crippen molar-refractivity contribution in [3.05, 3.63) is 24.3 Å². The summed E-state index contributed by atoms with van der Waals surface area (Å²) in [5.41, 5.74) is 0. The van der Waals surface area contributed by atoms with Gasteiger partial charge in [-0.25, -0.2) is 0 Å². The molecular formula is C64H123NO10. The second-order valence-corrected chi connectivity index (χ2v) is 22.8. The van der Waals surface area contributed by atoms with Gasteiger partial charge >= 0.3 is 0 Å². The number of hydrogen-bond donors (Lipinski definition) is 8. The van der Waals surface area contributed by atoms with E-state index in [1.54, 1.807) is 0 Å². The number of aliphatic hydroxyl groups excluding tert-OH is 7. The van der Waals surface area contributed by atoms with E-state index >= 15 is 0 Å². The number of rotatable bonds is 56. The number of aliphatic hydroxyl groups is 7. The number of unbranched alkanes of at least 4 members (excludes halogenated alkanes) is 40. The van der Waals surface area contributed by atoms with Crippen LogP contribution in [0.5, 0.6) is 0 Å². The molecule has 0 aromatic rings. The van der Waals surface area contributed by atoms with Crippen LogP contribution in [-0.2, 0) is 14.3 Å². The predicted molar refractivity (Wildman–Crippen MR) is 312 cm³/mol. The van der Waals surface area contributed by atoms with Crippen LogP contribution in [0.25, 0.3) is 0 Å². The van der Waals surface area contributed by atoms with Gasteiger partial charge in [-0.15, -0.1) is 0 Å². The van der Waals surface area contributed by atoms with E-state index in [-0.39, 0.29) is 12.8 Å². The number of carbonyl (C=O) groups excluding carboxylic acids is 1. The zero-order valence-corrected chi connectivity index (χ0v) is 48.8. The minimum atomic E-state index is -1.67. The Kier molecular flexibility index (Phi) is 50.8. The third-order valence-electron chi connectivity index (χ3n) is 15.7. The Morgan fingerprint density at radius 3 is 1.19 bits per heavy atom. The summed E-state index contributed by atoms with van der Waals surface area (Å²) in [5, 5.41) is 76.3. The van der Waals surface area contributed by atoms with E-state index in [2.05, 4.69) is 43.5 Å². The number of carbonyl (C=O) groups is 1. The van der Waals surface area contributed by atoms with Gasteiger partial charge in [-0.1, -0.05) is 282 Å². The highest BCUT2D eigenvalue weighted by atomic mass is 16.7. The highest BCUT2D eigenvalue weighted by Gasteiger charge is 2.44. The van der Waals surface area contributed by atoms with Crippen LogP contribution in [0.3, 0.4) is 0 Å². The highest BCUT2D eigenvalue weighted by Crippen LogP contribution is 2.24. The highest BCUT2D eigenvalue weighted by molar-refractivity contribution is 5.80. The van der Waals surface area contributed by atoms with Gasteiger partial charge in [0.1, 0.15) is 36.6 Å². The molecule has 444 valence electrons. The van der Waals surface area contributed by atoms with E-state index < -0.39 is 74.2 Å². The maximum Gasteiger partial charge on any atom is 0.249 e. The Hall–Kier alpha value is -1.41. The molecule has 1 aliphatic rings. The molecule has 9 unspecified atom stereocenters. The maximum atomic E-state index is 13.2. The lowest BCUT2D eigenvalue weighted by Crippen LogP contribution is -2.60. The third-order valence-corrected chi connectivity index (χ3v) is 15.7. The number of allylic oxidation sites excluding steroid dienone is 4. The first kappa shape index (κ1) is 71.6. The van der Waals surface area contributed by atoms with E-state index in [4.69, 9.17) is 9.47 Å². The molecule has 1 aliphatic heterocycles. The van der Waals surface area contributed by atoms with Gasteiger partial charge in [0.2, 0.25) is 5.91 Å². The second-order valence-electron chi connectivity index (χ2n) is 22.8. The first-order valence-electron chi connectivity index (χ1n) is 32.2. The molecular weight excluding hydrogens is 943 g/mol. The number of amides is 1. The molecule has 1 saturated heterocycles. The maximum absolute atomic E-state index is 13.2. The SMILES string of the molecule is CCCCCCCCCCCCCC/C=C/CC/C=C/CCCC(O)C(O)C(COC1OC(CO)C(O)C(O)C1O)NC(=O)C(O)CCCCCCCCCCCCCCCCCCCCCCCCCCCCC. The molecule has 75 heavy (non-hydrogen) atoms. The molecule has 1 amide bonds. The summed E-state index contributed by atoms with van der Waals surface area (Å²) in [6.45, 7) is 3.48. The summed E-state index contributed by atoms with van der Waals surface area (Å²) in [4.78, 5) is 13.2. The van der Waals surface area contributed by atoms with E-state index in [9.17, 15) is 40.5 Å². The number of hydrogen-bond acceptors (Lipinski definition) is 10. The lowest BCUT2D eigenvalue weighted by molar-refractivity contribution is -0.303. The quantitative estimate of drug-likeness (QED) is 0.0215. The molecule has 11 heteroatoms. The molecule has 0 spiro atoms. The van der Waals surface area contributed by atoms with Crippen molar-refractivity contribution in [2.45, 2.75) is 364 Å². The molecule has 8 N–H and O–H groups in total. The first-order chi connectivity index (χ1) is 36.7. The molecule has 11 nitrogen and oxygen atoms in total. The normalized spacial score (nSPS) is 19.8. The summed E-state index contributed by atoms with van der Waals surface area (Å²) in [5.74, 6) is -0.704. The standard InChI is InChI=1S/C64H123NO10/c1-3-5-7-9-11-13-15-17-19-21-23-25-26-27-28-29-30-32-34-36-38-40-42-44-46-48-50-52-57(68)63(73)65-55(54-74-64-62(72)61(71)60(70)58(53-66)75-64)59(69)56(67)51-49-47-45-43-41-39-37-35-33-31-24-22-20-18-16-14-12-10-8-6-4-2/h35,37,43,45,55-62,64,66-72H,3-34,36,38-42,44,46-54H2,1-2H3,(H,65,73)/b37-35+,45-43+. The number of ether oxygens (including phenoxy) is 2. The van der Waals surface area contributed by atoms with Gasteiger partial charge in [0.25, 0.3) is 0 Å². The van der Waals surface area contributed by atoms with Gasteiger partial charge in [0.15, 0.2) is 6.29 Å². The molecule has 0 bridgehead atoms. The Bertz CT molecular complexity index is 1270. The van der Waals surface area contributed by atoms with Crippen molar-refractivity contribution in [3.8, 4) is 0 Å². The molecule has 1 fully saturated rings. The van der Waals surface area contributed by atoms with Crippen LogP contribution in [-0.4, -0.2) is 110 Å². The predicted octanol–water partition coefficient (Wildman–Crippen LogP) is 14.5. The van der Waals surface area contributed by atoms with Crippen molar-refractivity contribution in [1.29, 1.82) is 0 Å². The van der Waals surface area contributed by atoms with Gasteiger partial charge in [-0.2, -0.15) is 0 Å². The zero-order chi connectivity index (χ0) is 54.7. The molecule has 0 aliphatic carbocycles. The van der Waals surface area contributed by atoms with Crippen molar-refractivity contribution in [3.63, 3.8) is 0 Å². The van der Waals surface area contributed by atoms with Crippen LogP contribution < -0.4 is 5.32 Å². The van der Waals surface area contributed by atoms with Crippen LogP contribution in [0.15, 0.2) is 24.3 Å². The van der Waals surface area contributed by atoms with E-state index in [0.717, 1.165) is 38.5 Å². The monoisotopic (exact) mass is 1070 g/mol. The zero-order valence-electron chi connectivity index (χ0n) is 48.8. The lowest BCUT2D eigenvalue weighted by atomic mass is 9.98. The van der Waals surface area contributed by atoms with Gasteiger partial charge in [-0.05, 0) is 51.4 Å². The second kappa shape index (κ2) is 53.2. The minimum Gasteiger partial charge on any atom is -0.394 e. The average Bonchev–Trinajstić information content (AvgIpc) is 3.41. The largest absolute Gasteiger partial charge is 0.394 e. The van der Waals surface area contributed by atoms with Gasteiger partial charge in [0.05, 0.1) is 25.4 Å². The van der Waals surface area contributed by atoms with Crippen LogP contribution >= 0.6 is 0 Å². The summed E-state index contributed by atoms with van der Waals surface area (Å²) in [6, 6.07) is -1.19. The number of nitrogens with one attached hydrogen (secondary N) is 1.